The Bertz CT molecular complexity index is 1010. The first-order valence-corrected chi connectivity index (χ1v) is 7.16. The topological polar surface area (TPSA) is 66.1 Å². The van der Waals surface area contributed by atoms with E-state index >= 15 is 0 Å². The molecule has 0 saturated heterocycles. The van der Waals surface area contributed by atoms with Crippen LogP contribution in [0.15, 0.2) is 39.9 Å². The van der Waals surface area contributed by atoms with Crippen molar-refractivity contribution < 1.29 is 4.74 Å². The molecule has 6 nitrogen and oxygen atoms in total. The molecule has 2 heterocycles. The summed E-state index contributed by atoms with van der Waals surface area (Å²) in [4.78, 5) is 29.3. The van der Waals surface area contributed by atoms with Gasteiger partial charge in [-0.2, -0.15) is 0 Å². The molecule has 0 N–H and O–H groups in total. The predicted octanol–water partition coefficient (Wildman–Crippen LogP) is 1.62. The van der Waals surface area contributed by atoms with Gasteiger partial charge in [0.1, 0.15) is 5.75 Å². The summed E-state index contributed by atoms with van der Waals surface area (Å²) in [6.07, 6.45) is 0. The van der Waals surface area contributed by atoms with Crippen LogP contribution in [-0.2, 0) is 14.1 Å². The molecule has 3 aromatic rings. The van der Waals surface area contributed by atoms with Gasteiger partial charge in [-0.25, -0.2) is 4.79 Å². The number of hydrogen-bond acceptors (Lipinski definition) is 4. The molecular formula is C17H17N3O3. The number of fused-ring (bicyclic) bond motifs is 1. The predicted molar refractivity (Wildman–Crippen MR) is 89.0 cm³/mol. The Hall–Kier alpha value is -2.89. The van der Waals surface area contributed by atoms with Gasteiger partial charge in [-0.1, -0.05) is 0 Å². The van der Waals surface area contributed by atoms with Crippen LogP contribution < -0.4 is 16.0 Å². The second kappa shape index (κ2) is 5.39. The molecule has 2 aromatic heterocycles. The number of nitrogens with zero attached hydrogens (tertiary/aromatic N) is 3. The fraction of sp³-hybridized carbons (Fsp3) is 0.235. The van der Waals surface area contributed by atoms with Crippen LogP contribution in [0.3, 0.4) is 0 Å². The average molecular weight is 311 g/mol. The van der Waals surface area contributed by atoms with Crippen molar-refractivity contribution in [1.82, 2.24) is 14.1 Å². The minimum Gasteiger partial charge on any atom is -0.497 e. The van der Waals surface area contributed by atoms with Gasteiger partial charge in [-0.3, -0.25) is 18.9 Å². The SMILES string of the molecule is COc1ccc(-c2nc(C)cc3c2c(=O)n(C)c(=O)n3C)cc1. The van der Waals surface area contributed by atoms with Crippen molar-refractivity contribution in [2.75, 3.05) is 7.11 Å². The summed E-state index contributed by atoms with van der Waals surface area (Å²) < 4.78 is 7.74. The lowest BCUT2D eigenvalue weighted by atomic mass is 10.1. The molecule has 0 saturated carbocycles. The molecule has 0 fully saturated rings. The van der Waals surface area contributed by atoms with Crippen LogP contribution >= 0.6 is 0 Å². The molecule has 0 aliphatic heterocycles. The third-order valence-electron chi connectivity index (χ3n) is 3.94. The molecule has 0 atom stereocenters. The highest BCUT2D eigenvalue weighted by Crippen LogP contribution is 2.26. The van der Waals surface area contributed by atoms with Crippen LogP contribution in [0.25, 0.3) is 22.2 Å². The lowest BCUT2D eigenvalue weighted by molar-refractivity contribution is 0.415. The number of aromatic nitrogens is 3. The summed E-state index contributed by atoms with van der Waals surface area (Å²) in [5, 5.41) is 0.436. The molecule has 0 unspecified atom stereocenters. The molecule has 1 aromatic carbocycles. The van der Waals surface area contributed by atoms with Gasteiger partial charge in [0.15, 0.2) is 0 Å². The summed E-state index contributed by atoms with van der Waals surface area (Å²) in [7, 11) is 4.73. The van der Waals surface area contributed by atoms with Gasteiger partial charge < -0.3 is 4.74 Å². The van der Waals surface area contributed by atoms with Crippen LogP contribution in [-0.4, -0.2) is 21.2 Å². The molecule has 0 amide bonds. The first-order chi connectivity index (χ1) is 10.9. The first kappa shape index (κ1) is 15.0. The van der Waals surface area contributed by atoms with E-state index in [0.29, 0.717) is 16.6 Å². The highest BCUT2D eigenvalue weighted by molar-refractivity contribution is 5.92. The largest absolute Gasteiger partial charge is 0.497 e. The smallest absolute Gasteiger partial charge is 0.330 e. The molecular weight excluding hydrogens is 294 g/mol. The maximum absolute atomic E-state index is 12.6. The van der Waals surface area contributed by atoms with E-state index in [2.05, 4.69) is 4.98 Å². The van der Waals surface area contributed by atoms with E-state index in [-0.39, 0.29) is 11.2 Å². The molecule has 0 aliphatic carbocycles. The van der Waals surface area contributed by atoms with Crippen molar-refractivity contribution in [2.45, 2.75) is 6.92 Å². The van der Waals surface area contributed by atoms with E-state index in [4.69, 9.17) is 4.74 Å². The third kappa shape index (κ3) is 2.32. The Kier molecular flexibility index (Phi) is 3.52. The summed E-state index contributed by atoms with van der Waals surface area (Å²) >= 11 is 0. The molecule has 0 radical (unpaired) electrons. The van der Waals surface area contributed by atoms with E-state index < -0.39 is 0 Å². The molecule has 3 rings (SSSR count). The number of rotatable bonds is 2. The average Bonchev–Trinajstić information content (AvgIpc) is 2.57. The number of aryl methyl sites for hydroxylation is 2. The highest BCUT2D eigenvalue weighted by Gasteiger charge is 2.15. The van der Waals surface area contributed by atoms with Crippen molar-refractivity contribution in [2.24, 2.45) is 14.1 Å². The monoisotopic (exact) mass is 311 g/mol. The minimum absolute atomic E-state index is 0.346. The zero-order valence-electron chi connectivity index (χ0n) is 13.5. The standard InChI is InChI=1S/C17H17N3O3/c1-10-9-13-14(16(21)20(3)17(22)19(13)2)15(18-10)11-5-7-12(23-4)8-6-11/h5-9H,1-4H3. The van der Waals surface area contributed by atoms with E-state index in [1.165, 1.54) is 11.6 Å². The molecule has 0 spiro atoms. The van der Waals surface area contributed by atoms with Gasteiger partial charge >= 0.3 is 5.69 Å². The number of ether oxygens (including phenoxy) is 1. The fourth-order valence-corrected chi connectivity index (χ4v) is 2.67. The van der Waals surface area contributed by atoms with Crippen molar-refractivity contribution >= 4 is 10.9 Å². The highest BCUT2D eigenvalue weighted by atomic mass is 16.5. The van der Waals surface area contributed by atoms with Gasteiger partial charge in [-0.05, 0) is 37.3 Å². The Balaban J connectivity index is 2.45. The zero-order chi connectivity index (χ0) is 16.7. The Labute approximate surface area is 132 Å². The molecule has 6 heteroatoms. The fourth-order valence-electron chi connectivity index (χ4n) is 2.67. The maximum Gasteiger partial charge on any atom is 0.330 e. The van der Waals surface area contributed by atoms with Crippen molar-refractivity contribution in [3.63, 3.8) is 0 Å². The van der Waals surface area contributed by atoms with Crippen LogP contribution in [0.1, 0.15) is 5.69 Å². The number of benzene rings is 1. The lowest BCUT2D eigenvalue weighted by Crippen LogP contribution is -2.37. The molecule has 23 heavy (non-hydrogen) atoms. The Morgan fingerprint density at radius 2 is 1.70 bits per heavy atom. The van der Waals surface area contributed by atoms with E-state index in [0.717, 1.165) is 21.6 Å². The molecule has 0 aliphatic rings. The number of hydrogen-bond donors (Lipinski definition) is 0. The number of methoxy groups -OCH3 is 1. The van der Waals surface area contributed by atoms with Crippen molar-refractivity contribution in [3.8, 4) is 17.0 Å². The van der Waals surface area contributed by atoms with E-state index in [1.807, 2.05) is 31.2 Å². The van der Waals surface area contributed by atoms with Crippen molar-refractivity contribution in [3.05, 3.63) is 56.9 Å². The van der Waals surface area contributed by atoms with Crippen LogP contribution in [0.2, 0.25) is 0 Å². The quantitative estimate of drug-likeness (QED) is 0.721. The van der Waals surface area contributed by atoms with Gasteiger partial charge in [-0.15, -0.1) is 0 Å². The zero-order valence-corrected chi connectivity index (χ0v) is 13.5. The second-order valence-electron chi connectivity index (χ2n) is 5.44. The van der Waals surface area contributed by atoms with Gasteiger partial charge in [0.2, 0.25) is 0 Å². The van der Waals surface area contributed by atoms with E-state index in [1.54, 1.807) is 20.2 Å². The van der Waals surface area contributed by atoms with Gasteiger partial charge in [0, 0.05) is 25.4 Å². The summed E-state index contributed by atoms with van der Waals surface area (Å²) in [5.41, 5.74) is 1.99. The van der Waals surface area contributed by atoms with Crippen LogP contribution in [0.4, 0.5) is 0 Å². The van der Waals surface area contributed by atoms with Crippen molar-refractivity contribution in [1.29, 1.82) is 0 Å². The summed E-state index contributed by atoms with van der Waals surface area (Å²) in [6, 6.07) is 9.09. The van der Waals surface area contributed by atoms with E-state index in [9.17, 15) is 9.59 Å². The number of pyridine rings is 1. The lowest BCUT2D eigenvalue weighted by Gasteiger charge is -2.12. The van der Waals surface area contributed by atoms with Crippen LogP contribution in [0, 0.1) is 6.92 Å². The maximum atomic E-state index is 12.6. The summed E-state index contributed by atoms with van der Waals surface area (Å²) in [6.45, 7) is 1.84. The van der Waals surface area contributed by atoms with Gasteiger partial charge in [0.05, 0.1) is 23.7 Å². The Morgan fingerprint density at radius 3 is 2.30 bits per heavy atom. The normalized spacial score (nSPS) is 11.0. The van der Waals surface area contributed by atoms with Gasteiger partial charge in [0.25, 0.3) is 5.56 Å². The Morgan fingerprint density at radius 1 is 1.04 bits per heavy atom. The van der Waals surface area contributed by atoms with Crippen LogP contribution in [0.5, 0.6) is 5.75 Å². The molecule has 0 bridgehead atoms. The molecule has 118 valence electrons. The first-order valence-electron chi connectivity index (χ1n) is 7.16. The second-order valence-corrected chi connectivity index (χ2v) is 5.44. The minimum atomic E-state index is -0.353. The summed E-state index contributed by atoms with van der Waals surface area (Å²) in [5.74, 6) is 0.728. The third-order valence-corrected chi connectivity index (χ3v) is 3.94.